The Balaban J connectivity index is 2.31. The number of hydrogen-bond donors (Lipinski definition) is 0. The van der Waals surface area contributed by atoms with Gasteiger partial charge in [-0.05, 0) is 43.7 Å². The van der Waals surface area contributed by atoms with Crippen molar-refractivity contribution in [3.63, 3.8) is 0 Å². The molecule has 21 heavy (non-hydrogen) atoms. The molecule has 0 saturated heterocycles. The molecule has 1 atom stereocenters. The molecule has 1 unspecified atom stereocenters. The van der Waals surface area contributed by atoms with Crippen LogP contribution in [0.2, 0.25) is 0 Å². The van der Waals surface area contributed by atoms with Crippen LogP contribution in [0.15, 0.2) is 57.9 Å². The molecule has 0 spiro atoms. The van der Waals surface area contributed by atoms with Gasteiger partial charge in [-0.2, -0.15) is 4.31 Å². The van der Waals surface area contributed by atoms with Crippen LogP contribution in [0, 0.1) is 6.92 Å². The normalized spacial score (nSPS) is 13.4. The second-order valence-electron chi connectivity index (χ2n) is 5.06. The zero-order valence-electron chi connectivity index (χ0n) is 12.2. The molecule has 0 aliphatic rings. The summed E-state index contributed by atoms with van der Waals surface area (Å²) < 4.78 is 27.7. The summed E-state index contributed by atoms with van der Waals surface area (Å²) in [6.45, 7) is 3.82. The number of halogens is 1. The smallest absolute Gasteiger partial charge is 0.207 e. The third-order valence-corrected chi connectivity index (χ3v) is 6.07. The maximum Gasteiger partial charge on any atom is 0.243 e. The fourth-order valence-corrected chi connectivity index (χ4v) is 3.65. The molecule has 2 rings (SSSR count). The number of aryl methyl sites for hydroxylation is 1. The molecule has 0 radical (unpaired) electrons. The van der Waals surface area contributed by atoms with Crippen LogP contribution < -0.4 is 0 Å². The van der Waals surface area contributed by atoms with Gasteiger partial charge < -0.3 is 0 Å². The largest absolute Gasteiger partial charge is 0.243 e. The number of nitrogens with zero attached hydrogens (tertiary/aromatic N) is 1. The zero-order valence-corrected chi connectivity index (χ0v) is 14.6. The molecule has 0 aliphatic heterocycles. The maximum absolute atomic E-state index is 12.6. The summed E-state index contributed by atoms with van der Waals surface area (Å²) in [5, 5.41) is 0. The molecule has 0 saturated carbocycles. The standard InChI is InChI=1S/C16H18BrNO2S/c1-12-4-10-16(11-5-12)21(19,20)18(3)13(2)14-6-8-15(17)9-7-14/h4-11,13H,1-3H3. The fraction of sp³-hybridized carbons (Fsp3) is 0.250. The average molecular weight is 368 g/mol. The lowest BCUT2D eigenvalue weighted by Crippen LogP contribution is -2.29. The van der Waals surface area contributed by atoms with E-state index in [2.05, 4.69) is 15.9 Å². The molecule has 112 valence electrons. The van der Waals surface area contributed by atoms with Crippen molar-refractivity contribution >= 4 is 26.0 Å². The molecular formula is C16H18BrNO2S. The molecule has 0 bridgehead atoms. The first kappa shape index (κ1) is 16.2. The van der Waals surface area contributed by atoms with Crippen LogP contribution in [0.4, 0.5) is 0 Å². The molecule has 5 heteroatoms. The average Bonchev–Trinajstić information content (AvgIpc) is 2.47. The lowest BCUT2D eigenvalue weighted by Gasteiger charge is -2.24. The molecule has 2 aromatic rings. The lowest BCUT2D eigenvalue weighted by atomic mass is 10.1. The molecule has 3 nitrogen and oxygen atoms in total. The first-order chi connectivity index (χ1) is 9.82. The number of rotatable bonds is 4. The monoisotopic (exact) mass is 367 g/mol. The van der Waals surface area contributed by atoms with E-state index in [9.17, 15) is 8.42 Å². The summed E-state index contributed by atoms with van der Waals surface area (Å²) in [5.41, 5.74) is 1.99. The molecule has 0 heterocycles. The van der Waals surface area contributed by atoms with Gasteiger partial charge in [-0.25, -0.2) is 8.42 Å². The van der Waals surface area contributed by atoms with Crippen molar-refractivity contribution in [3.8, 4) is 0 Å². The Morgan fingerprint density at radius 3 is 2.05 bits per heavy atom. The van der Waals surface area contributed by atoms with Gasteiger partial charge in [0.05, 0.1) is 4.90 Å². The molecule has 0 amide bonds. The topological polar surface area (TPSA) is 37.4 Å². The van der Waals surface area contributed by atoms with Crippen molar-refractivity contribution in [2.24, 2.45) is 0 Å². The highest BCUT2D eigenvalue weighted by Gasteiger charge is 2.26. The highest BCUT2D eigenvalue weighted by Crippen LogP contribution is 2.26. The zero-order chi connectivity index (χ0) is 15.6. The van der Waals surface area contributed by atoms with E-state index in [4.69, 9.17) is 0 Å². The van der Waals surface area contributed by atoms with Crippen molar-refractivity contribution < 1.29 is 8.42 Å². The number of hydrogen-bond acceptors (Lipinski definition) is 2. The highest BCUT2D eigenvalue weighted by atomic mass is 79.9. The Morgan fingerprint density at radius 1 is 1.00 bits per heavy atom. The van der Waals surface area contributed by atoms with Crippen molar-refractivity contribution in [1.29, 1.82) is 0 Å². The lowest BCUT2D eigenvalue weighted by molar-refractivity contribution is 0.398. The van der Waals surface area contributed by atoms with Crippen molar-refractivity contribution in [2.45, 2.75) is 24.8 Å². The SMILES string of the molecule is Cc1ccc(S(=O)(=O)N(C)C(C)c2ccc(Br)cc2)cc1. The highest BCUT2D eigenvalue weighted by molar-refractivity contribution is 9.10. The third kappa shape index (κ3) is 3.54. The minimum atomic E-state index is -3.49. The minimum Gasteiger partial charge on any atom is -0.207 e. The van der Waals surface area contributed by atoms with Gasteiger partial charge in [-0.1, -0.05) is 45.8 Å². The Hall–Kier alpha value is -1.17. The van der Waals surface area contributed by atoms with Gasteiger partial charge >= 0.3 is 0 Å². The van der Waals surface area contributed by atoms with Gasteiger partial charge in [0, 0.05) is 17.6 Å². The number of benzene rings is 2. The van der Waals surface area contributed by atoms with E-state index >= 15 is 0 Å². The quantitative estimate of drug-likeness (QED) is 0.814. The van der Waals surface area contributed by atoms with Crippen LogP contribution >= 0.6 is 15.9 Å². The van der Waals surface area contributed by atoms with Gasteiger partial charge in [0.15, 0.2) is 0 Å². The summed E-state index contributed by atoms with van der Waals surface area (Å²) in [5.74, 6) is 0. The van der Waals surface area contributed by atoms with Gasteiger partial charge in [0.25, 0.3) is 0 Å². The molecule has 0 aromatic heterocycles. The van der Waals surface area contributed by atoms with Crippen LogP contribution in [0.3, 0.4) is 0 Å². The molecule has 2 aromatic carbocycles. The van der Waals surface area contributed by atoms with Gasteiger partial charge in [-0.15, -0.1) is 0 Å². The second kappa shape index (κ2) is 6.30. The van der Waals surface area contributed by atoms with Gasteiger partial charge in [0.1, 0.15) is 0 Å². The van der Waals surface area contributed by atoms with Crippen LogP contribution in [0.5, 0.6) is 0 Å². The molecule has 0 N–H and O–H groups in total. The summed E-state index contributed by atoms with van der Waals surface area (Å²) in [7, 11) is -1.88. The van der Waals surface area contributed by atoms with E-state index in [1.807, 2.05) is 50.2 Å². The maximum atomic E-state index is 12.6. The van der Waals surface area contributed by atoms with Crippen molar-refractivity contribution in [1.82, 2.24) is 4.31 Å². The predicted octanol–water partition coefficient (Wildman–Crippen LogP) is 4.14. The second-order valence-corrected chi connectivity index (χ2v) is 7.98. The number of sulfonamides is 1. The first-order valence-corrected chi connectivity index (χ1v) is 8.86. The molecule has 0 fully saturated rings. The van der Waals surface area contributed by atoms with E-state index < -0.39 is 10.0 Å². The van der Waals surface area contributed by atoms with E-state index in [0.717, 1.165) is 15.6 Å². The minimum absolute atomic E-state index is 0.232. The van der Waals surface area contributed by atoms with E-state index in [-0.39, 0.29) is 6.04 Å². The van der Waals surface area contributed by atoms with Crippen molar-refractivity contribution in [3.05, 3.63) is 64.1 Å². The van der Waals surface area contributed by atoms with Gasteiger partial charge in [-0.3, -0.25) is 0 Å². The summed E-state index contributed by atoms with van der Waals surface area (Å²) >= 11 is 3.38. The summed E-state index contributed by atoms with van der Waals surface area (Å²) in [4.78, 5) is 0.319. The van der Waals surface area contributed by atoms with Crippen LogP contribution in [0.1, 0.15) is 24.1 Å². The Kier molecular flexibility index (Phi) is 4.86. The van der Waals surface area contributed by atoms with Crippen LogP contribution in [-0.2, 0) is 10.0 Å². The van der Waals surface area contributed by atoms with E-state index in [1.165, 1.54) is 4.31 Å². The van der Waals surface area contributed by atoms with E-state index in [1.54, 1.807) is 19.2 Å². The summed E-state index contributed by atoms with van der Waals surface area (Å²) in [6, 6.07) is 14.4. The Bertz CT molecular complexity index is 709. The van der Waals surface area contributed by atoms with Crippen LogP contribution in [0.25, 0.3) is 0 Å². The van der Waals surface area contributed by atoms with Gasteiger partial charge in [0.2, 0.25) is 10.0 Å². The molecule has 0 aliphatic carbocycles. The molecular weight excluding hydrogens is 350 g/mol. The van der Waals surface area contributed by atoms with Crippen molar-refractivity contribution in [2.75, 3.05) is 7.05 Å². The first-order valence-electron chi connectivity index (χ1n) is 6.62. The van der Waals surface area contributed by atoms with E-state index in [0.29, 0.717) is 4.90 Å². The summed E-state index contributed by atoms with van der Waals surface area (Å²) in [6.07, 6.45) is 0. The Labute approximate surface area is 134 Å². The third-order valence-electron chi connectivity index (χ3n) is 3.60. The fourth-order valence-electron chi connectivity index (χ4n) is 2.04. The Morgan fingerprint density at radius 2 is 1.52 bits per heavy atom. The predicted molar refractivity (Wildman–Crippen MR) is 88.7 cm³/mol. The van der Waals surface area contributed by atoms with Crippen LogP contribution in [-0.4, -0.2) is 19.8 Å².